The molecular weight excluding hydrogens is 264 g/mol. The minimum Gasteiger partial charge on any atom is -0.334 e. The van der Waals surface area contributed by atoms with Crippen LogP contribution in [0.2, 0.25) is 0 Å². The highest BCUT2D eigenvalue weighted by Crippen LogP contribution is 2.30. The topological polar surface area (TPSA) is 24.4 Å². The third kappa shape index (κ3) is 2.88. The van der Waals surface area contributed by atoms with Crippen LogP contribution in [0, 0.1) is 0 Å². The lowest BCUT2D eigenvalue weighted by atomic mass is 10.0. The van der Waals surface area contributed by atoms with E-state index in [1.54, 1.807) is 0 Å². The number of amidine groups is 1. The predicted octanol–water partition coefficient (Wildman–Crippen LogP) is 4.65. The van der Waals surface area contributed by atoms with Crippen LogP contribution in [0.4, 0.5) is 5.69 Å². The second-order valence-electron chi connectivity index (χ2n) is 4.84. The molecule has 20 heavy (non-hydrogen) atoms. The van der Waals surface area contributed by atoms with Crippen molar-refractivity contribution in [1.82, 2.24) is 0 Å². The lowest BCUT2D eigenvalue weighted by Crippen LogP contribution is -2.06. The summed E-state index contributed by atoms with van der Waals surface area (Å²) in [6.07, 6.45) is 1.11. The van der Waals surface area contributed by atoms with E-state index in [-0.39, 0.29) is 0 Å². The van der Waals surface area contributed by atoms with Gasteiger partial charge in [0.25, 0.3) is 0 Å². The van der Waals surface area contributed by atoms with Crippen molar-refractivity contribution >= 4 is 22.6 Å². The first-order valence-electron chi connectivity index (χ1n) is 6.99. The molecule has 0 saturated carbocycles. The highest BCUT2D eigenvalue weighted by Gasteiger charge is 2.17. The Morgan fingerprint density at radius 1 is 1.10 bits per heavy atom. The third-order valence-electron chi connectivity index (χ3n) is 3.44. The van der Waals surface area contributed by atoms with Crippen molar-refractivity contribution in [3.63, 3.8) is 0 Å². The molecule has 0 aliphatic carbocycles. The number of hydrogen-bond acceptors (Lipinski definition) is 3. The molecule has 102 valence electrons. The van der Waals surface area contributed by atoms with Crippen LogP contribution in [-0.4, -0.2) is 17.0 Å². The van der Waals surface area contributed by atoms with Gasteiger partial charge in [0.1, 0.15) is 0 Å². The summed E-state index contributed by atoms with van der Waals surface area (Å²) in [6.45, 7) is 2.19. The molecule has 1 N–H and O–H groups in total. The highest BCUT2D eigenvalue weighted by atomic mass is 32.2. The molecule has 0 amide bonds. The molecule has 0 fully saturated rings. The quantitative estimate of drug-likeness (QED) is 0.886. The number of hydrogen-bond donors (Lipinski definition) is 1. The smallest absolute Gasteiger partial charge is 0.161 e. The van der Waals surface area contributed by atoms with Crippen LogP contribution in [0.1, 0.15) is 13.3 Å². The molecule has 2 nitrogen and oxygen atoms in total. The standard InChI is InChI=1S/C17H18N2S/c1-2-14-12-20-17(18-14)19-16-11-7-6-10-15(16)13-8-4-3-5-9-13/h3-11,14H,2,12H2,1H3,(H,18,19). The molecule has 1 heterocycles. The summed E-state index contributed by atoms with van der Waals surface area (Å²) in [5.41, 5.74) is 3.57. The van der Waals surface area contributed by atoms with Gasteiger partial charge < -0.3 is 5.32 Å². The molecule has 3 heteroatoms. The molecule has 0 aromatic heterocycles. The maximum atomic E-state index is 4.71. The van der Waals surface area contributed by atoms with Crippen LogP contribution in [-0.2, 0) is 0 Å². The van der Waals surface area contributed by atoms with Gasteiger partial charge in [0.05, 0.1) is 6.04 Å². The van der Waals surface area contributed by atoms with Gasteiger partial charge in [-0.05, 0) is 18.1 Å². The number of anilines is 1. The van der Waals surface area contributed by atoms with Gasteiger partial charge in [-0.25, -0.2) is 0 Å². The van der Waals surface area contributed by atoms with Crippen LogP contribution in [0.25, 0.3) is 11.1 Å². The number of nitrogens with zero attached hydrogens (tertiary/aromatic N) is 1. The van der Waals surface area contributed by atoms with Crippen molar-refractivity contribution in [2.45, 2.75) is 19.4 Å². The minimum absolute atomic E-state index is 0.464. The monoisotopic (exact) mass is 282 g/mol. The SMILES string of the molecule is CCC1CSC(Nc2ccccc2-c2ccccc2)=N1. The predicted molar refractivity (Wildman–Crippen MR) is 89.5 cm³/mol. The molecule has 0 spiro atoms. The van der Waals surface area contributed by atoms with Crippen LogP contribution in [0.15, 0.2) is 59.6 Å². The first kappa shape index (κ1) is 13.3. The molecule has 0 saturated heterocycles. The number of para-hydroxylation sites is 1. The van der Waals surface area contributed by atoms with Crippen molar-refractivity contribution in [3.05, 3.63) is 54.6 Å². The number of nitrogens with one attached hydrogen (secondary N) is 1. The molecule has 1 atom stereocenters. The molecule has 2 aromatic carbocycles. The molecule has 1 aliphatic heterocycles. The number of thioether (sulfide) groups is 1. The summed E-state index contributed by atoms with van der Waals surface area (Å²) in [4.78, 5) is 4.71. The Morgan fingerprint density at radius 2 is 1.85 bits per heavy atom. The molecule has 0 radical (unpaired) electrons. The number of rotatable bonds is 3. The van der Waals surface area contributed by atoms with Gasteiger partial charge in [-0.15, -0.1) is 0 Å². The van der Waals surface area contributed by atoms with E-state index in [0.29, 0.717) is 6.04 Å². The number of benzene rings is 2. The van der Waals surface area contributed by atoms with Crippen molar-refractivity contribution in [3.8, 4) is 11.1 Å². The molecule has 2 aromatic rings. The summed E-state index contributed by atoms with van der Waals surface area (Å²) in [7, 11) is 0. The summed E-state index contributed by atoms with van der Waals surface area (Å²) in [6, 6.07) is 19.3. The van der Waals surface area contributed by atoms with E-state index in [2.05, 4.69) is 60.8 Å². The van der Waals surface area contributed by atoms with Crippen LogP contribution in [0.5, 0.6) is 0 Å². The maximum absolute atomic E-state index is 4.71. The van der Waals surface area contributed by atoms with E-state index in [4.69, 9.17) is 4.99 Å². The molecule has 0 bridgehead atoms. The summed E-state index contributed by atoms with van der Waals surface area (Å²) >= 11 is 1.81. The zero-order chi connectivity index (χ0) is 13.8. The Morgan fingerprint density at radius 3 is 2.60 bits per heavy atom. The molecule has 1 unspecified atom stereocenters. The van der Waals surface area contributed by atoms with E-state index in [1.165, 1.54) is 11.1 Å². The Balaban J connectivity index is 1.88. The molecular formula is C17H18N2S. The van der Waals surface area contributed by atoms with Gasteiger partial charge in [-0.2, -0.15) is 0 Å². The number of aliphatic imine (C=N–C) groups is 1. The Bertz CT molecular complexity index is 607. The van der Waals surface area contributed by atoms with E-state index >= 15 is 0 Å². The second-order valence-corrected chi connectivity index (χ2v) is 5.85. The Labute approximate surface area is 124 Å². The van der Waals surface area contributed by atoms with E-state index in [0.717, 1.165) is 23.0 Å². The van der Waals surface area contributed by atoms with Crippen molar-refractivity contribution in [2.24, 2.45) is 4.99 Å². The fourth-order valence-electron chi connectivity index (χ4n) is 2.27. The van der Waals surface area contributed by atoms with E-state index in [9.17, 15) is 0 Å². The zero-order valence-corrected chi connectivity index (χ0v) is 12.4. The van der Waals surface area contributed by atoms with Gasteiger partial charge in [0.2, 0.25) is 0 Å². The summed E-state index contributed by atoms with van der Waals surface area (Å²) in [5, 5.41) is 4.53. The average molecular weight is 282 g/mol. The van der Waals surface area contributed by atoms with Gasteiger partial charge >= 0.3 is 0 Å². The zero-order valence-electron chi connectivity index (χ0n) is 11.5. The van der Waals surface area contributed by atoms with Crippen molar-refractivity contribution in [1.29, 1.82) is 0 Å². The normalized spacial score (nSPS) is 17.9. The van der Waals surface area contributed by atoms with Crippen LogP contribution < -0.4 is 5.32 Å². The second kappa shape index (κ2) is 6.14. The summed E-state index contributed by atoms with van der Waals surface area (Å²) in [5.74, 6) is 1.09. The summed E-state index contributed by atoms with van der Waals surface area (Å²) < 4.78 is 0. The average Bonchev–Trinajstić information content (AvgIpc) is 2.96. The van der Waals surface area contributed by atoms with Gasteiger partial charge in [-0.1, -0.05) is 67.2 Å². The Kier molecular flexibility index (Phi) is 4.07. The lowest BCUT2D eigenvalue weighted by Gasteiger charge is -2.11. The highest BCUT2D eigenvalue weighted by molar-refractivity contribution is 8.14. The van der Waals surface area contributed by atoms with Crippen molar-refractivity contribution < 1.29 is 0 Å². The van der Waals surface area contributed by atoms with Gasteiger partial charge in [-0.3, -0.25) is 4.99 Å². The molecule has 1 aliphatic rings. The van der Waals surface area contributed by atoms with E-state index in [1.807, 2.05) is 17.8 Å². The fourth-order valence-corrected chi connectivity index (χ4v) is 3.34. The van der Waals surface area contributed by atoms with Crippen LogP contribution >= 0.6 is 11.8 Å². The first-order chi connectivity index (χ1) is 9.86. The first-order valence-corrected chi connectivity index (χ1v) is 7.97. The van der Waals surface area contributed by atoms with Gasteiger partial charge in [0, 0.05) is 17.0 Å². The third-order valence-corrected chi connectivity index (χ3v) is 4.47. The lowest BCUT2D eigenvalue weighted by molar-refractivity contribution is 0.738. The van der Waals surface area contributed by atoms with Crippen molar-refractivity contribution in [2.75, 3.05) is 11.1 Å². The largest absolute Gasteiger partial charge is 0.334 e. The Hall–Kier alpha value is -1.74. The van der Waals surface area contributed by atoms with Crippen LogP contribution in [0.3, 0.4) is 0 Å². The minimum atomic E-state index is 0.464. The van der Waals surface area contributed by atoms with E-state index < -0.39 is 0 Å². The fraction of sp³-hybridized carbons (Fsp3) is 0.235. The molecule has 3 rings (SSSR count). The maximum Gasteiger partial charge on any atom is 0.161 e. The van der Waals surface area contributed by atoms with Gasteiger partial charge in [0.15, 0.2) is 5.17 Å².